The first-order valence-corrected chi connectivity index (χ1v) is 4.45. The Hall–Kier alpha value is -0.260. The van der Waals surface area contributed by atoms with E-state index in [0.717, 1.165) is 17.8 Å². The summed E-state index contributed by atoms with van der Waals surface area (Å²) in [6, 6.07) is 0. The van der Waals surface area contributed by atoms with Crippen molar-refractivity contribution in [3.8, 4) is 0 Å². The van der Waals surface area contributed by atoms with Crippen molar-refractivity contribution in [2.24, 2.45) is 17.8 Å². The number of allylic oxidation sites excluding steroid dienone is 2. The second-order valence-electron chi connectivity index (χ2n) is 4.17. The van der Waals surface area contributed by atoms with Crippen molar-refractivity contribution in [3.05, 3.63) is 11.6 Å². The molecule has 0 aromatic rings. The predicted molar refractivity (Wildman–Crippen MR) is 43.8 cm³/mol. The van der Waals surface area contributed by atoms with Crippen LogP contribution in [0.15, 0.2) is 11.6 Å². The van der Waals surface area contributed by atoms with Crippen LogP contribution in [0.1, 0.15) is 33.1 Å². The molecule has 2 unspecified atom stereocenters. The highest BCUT2D eigenvalue weighted by atomic mass is 14.3. The van der Waals surface area contributed by atoms with E-state index in [4.69, 9.17) is 0 Å². The summed E-state index contributed by atoms with van der Waals surface area (Å²) in [7, 11) is 0. The van der Waals surface area contributed by atoms with Gasteiger partial charge < -0.3 is 0 Å². The standard InChI is InChI=1S/C10H16/c1-7-3-9-5-10(6-9)4-8(7)2/h3,7-8,10H,4-6H2,1-2H3. The molecule has 0 nitrogen and oxygen atoms in total. The van der Waals surface area contributed by atoms with Crippen LogP contribution in [0.2, 0.25) is 0 Å². The fourth-order valence-corrected chi connectivity index (χ4v) is 2.26. The minimum Gasteiger partial charge on any atom is -0.0822 e. The van der Waals surface area contributed by atoms with E-state index in [9.17, 15) is 0 Å². The number of fused-ring (bicyclic) bond motifs is 3. The Kier molecular flexibility index (Phi) is 1.36. The lowest BCUT2D eigenvalue weighted by Gasteiger charge is -2.27. The monoisotopic (exact) mass is 136 g/mol. The molecule has 0 spiro atoms. The third-order valence-electron chi connectivity index (χ3n) is 3.20. The molecule has 0 heterocycles. The summed E-state index contributed by atoms with van der Waals surface area (Å²) < 4.78 is 0. The SMILES string of the molecule is CC1C=C2CC(C2)CC1C. The van der Waals surface area contributed by atoms with Gasteiger partial charge in [-0.3, -0.25) is 0 Å². The van der Waals surface area contributed by atoms with Gasteiger partial charge in [-0.15, -0.1) is 0 Å². The molecule has 0 heteroatoms. The van der Waals surface area contributed by atoms with Crippen LogP contribution in [0.25, 0.3) is 0 Å². The van der Waals surface area contributed by atoms with E-state index >= 15 is 0 Å². The maximum absolute atomic E-state index is 2.51. The lowest BCUT2D eigenvalue weighted by Crippen LogP contribution is -2.14. The molecular weight excluding hydrogens is 120 g/mol. The molecular formula is C10H16. The fraction of sp³-hybridized carbons (Fsp3) is 0.800. The maximum Gasteiger partial charge on any atom is -0.0233 e. The summed E-state index contributed by atoms with van der Waals surface area (Å²) in [5, 5.41) is 0. The molecule has 1 fully saturated rings. The molecule has 1 saturated carbocycles. The van der Waals surface area contributed by atoms with Gasteiger partial charge in [0.15, 0.2) is 0 Å². The zero-order valence-electron chi connectivity index (χ0n) is 6.93. The highest BCUT2D eigenvalue weighted by molar-refractivity contribution is 5.17. The van der Waals surface area contributed by atoms with Crippen molar-refractivity contribution in [1.29, 1.82) is 0 Å². The van der Waals surface area contributed by atoms with Crippen molar-refractivity contribution >= 4 is 0 Å². The molecule has 0 aromatic carbocycles. The van der Waals surface area contributed by atoms with Crippen LogP contribution in [0, 0.1) is 17.8 Å². The highest BCUT2D eigenvalue weighted by Gasteiger charge is 2.30. The Bertz CT molecular complexity index is 159. The lowest BCUT2D eigenvalue weighted by molar-refractivity contribution is 0.320. The first kappa shape index (κ1) is 6.45. The summed E-state index contributed by atoms with van der Waals surface area (Å²) in [5.41, 5.74) is 1.74. The zero-order valence-corrected chi connectivity index (χ0v) is 6.93. The molecule has 3 aliphatic carbocycles. The molecule has 0 radical (unpaired) electrons. The van der Waals surface area contributed by atoms with Gasteiger partial charge in [0.05, 0.1) is 0 Å². The minimum absolute atomic E-state index is 0.850. The van der Waals surface area contributed by atoms with Crippen molar-refractivity contribution in [1.82, 2.24) is 0 Å². The molecule has 0 aliphatic heterocycles. The second-order valence-corrected chi connectivity index (χ2v) is 4.17. The normalized spacial score (nSPS) is 45.4. The van der Waals surface area contributed by atoms with E-state index in [0.29, 0.717) is 0 Å². The van der Waals surface area contributed by atoms with Gasteiger partial charge in [0.2, 0.25) is 0 Å². The van der Waals surface area contributed by atoms with Gasteiger partial charge in [0.1, 0.15) is 0 Å². The Morgan fingerprint density at radius 2 is 2.00 bits per heavy atom. The largest absolute Gasteiger partial charge is 0.0822 e. The van der Waals surface area contributed by atoms with Crippen molar-refractivity contribution in [2.75, 3.05) is 0 Å². The van der Waals surface area contributed by atoms with Gasteiger partial charge in [-0.2, -0.15) is 0 Å². The summed E-state index contributed by atoms with van der Waals surface area (Å²) >= 11 is 0. The first-order chi connectivity index (χ1) is 4.75. The molecule has 3 aliphatic rings. The van der Waals surface area contributed by atoms with Crippen LogP contribution in [0.5, 0.6) is 0 Å². The van der Waals surface area contributed by atoms with E-state index in [-0.39, 0.29) is 0 Å². The smallest absolute Gasteiger partial charge is 0.0233 e. The van der Waals surface area contributed by atoms with Crippen LogP contribution < -0.4 is 0 Å². The third-order valence-corrected chi connectivity index (χ3v) is 3.20. The number of hydrogen-bond donors (Lipinski definition) is 0. The number of hydrogen-bond acceptors (Lipinski definition) is 0. The molecule has 0 saturated heterocycles. The number of rotatable bonds is 0. The first-order valence-electron chi connectivity index (χ1n) is 4.45. The van der Waals surface area contributed by atoms with Crippen LogP contribution in [0.4, 0.5) is 0 Å². The highest BCUT2D eigenvalue weighted by Crippen LogP contribution is 2.43. The van der Waals surface area contributed by atoms with Crippen LogP contribution in [-0.4, -0.2) is 0 Å². The lowest BCUT2D eigenvalue weighted by atomic mass is 9.78. The molecule has 56 valence electrons. The molecule has 3 rings (SSSR count). The Morgan fingerprint density at radius 1 is 1.30 bits per heavy atom. The van der Waals surface area contributed by atoms with E-state index in [1.165, 1.54) is 19.3 Å². The van der Waals surface area contributed by atoms with Gasteiger partial charge in [-0.1, -0.05) is 25.5 Å². The van der Waals surface area contributed by atoms with E-state index < -0.39 is 0 Å². The van der Waals surface area contributed by atoms with Gasteiger partial charge in [0, 0.05) is 0 Å². The van der Waals surface area contributed by atoms with Gasteiger partial charge in [0.25, 0.3) is 0 Å². The van der Waals surface area contributed by atoms with E-state index in [1.807, 2.05) is 0 Å². The second kappa shape index (κ2) is 2.11. The van der Waals surface area contributed by atoms with E-state index in [1.54, 1.807) is 5.57 Å². The molecule has 2 bridgehead atoms. The van der Waals surface area contributed by atoms with Gasteiger partial charge in [-0.05, 0) is 37.0 Å². The zero-order chi connectivity index (χ0) is 7.14. The minimum atomic E-state index is 0.850. The van der Waals surface area contributed by atoms with Crippen LogP contribution in [0.3, 0.4) is 0 Å². The van der Waals surface area contributed by atoms with Crippen molar-refractivity contribution in [3.63, 3.8) is 0 Å². The average Bonchev–Trinajstić information content (AvgIpc) is 1.97. The third kappa shape index (κ3) is 0.902. The molecule has 0 N–H and O–H groups in total. The summed E-state index contributed by atoms with van der Waals surface area (Å²) in [6.07, 6.45) is 6.83. The predicted octanol–water partition coefficient (Wildman–Crippen LogP) is 3.00. The fourth-order valence-electron chi connectivity index (χ4n) is 2.26. The molecule has 0 aromatic heterocycles. The Balaban J connectivity index is 2.15. The summed E-state index contributed by atoms with van der Waals surface area (Å²) in [4.78, 5) is 0. The van der Waals surface area contributed by atoms with Crippen molar-refractivity contribution < 1.29 is 0 Å². The quantitative estimate of drug-likeness (QED) is 0.449. The summed E-state index contributed by atoms with van der Waals surface area (Å²) in [5.74, 6) is 2.85. The van der Waals surface area contributed by atoms with Gasteiger partial charge in [-0.25, -0.2) is 0 Å². The topological polar surface area (TPSA) is 0 Å². The molecule has 2 atom stereocenters. The Morgan fingerprint density at radius 3 is 2.70 bits per heavy atom. The van der Waals surface area contributed by atoms with Crippen LogP contribution >= 0.6 is 0 Å². The van der Waals surface area contributed by atoms with Crippen LogP contribution in [-0.2, 0) is 0 Å². The molecule has 0 amide bonds. The maximum atomic E-state index is 2.51. The van der Waals surface area contributed by atoms with Crippen molar-refractivity contribution in [2.45, 2.75) is 33.1 Å². The van der Waals surface area contributed by atoms with E-state index in [2.05, 4.69) is 19.9 Å². The average molecular weight is 136 g/mol. The Labute approximate surface area is 63.3 Å². The molecule has 10 heavy (non-hydrogen) atoms. The summed E-state index contributed by atoms with van der Waals surface area (Å²) in [6.45, 7) is 4.75. The van der Waals surface area contributed by atoms with Gasteiger partial charge >= 0.3 is 0 Å².